The summed E-state index contributed by atoms with van der Waals surface area (Å²) in [4.78, 5) is 54.3. The third-order valence-electron chi connectivity index (χ3n) is 5.61. The molecule has 4 rings (SSSR count). The molecule has 4 aromatic rings. The van der Waals surface area contributed by atoms with Crippen molar-refractivity contribution in [2.24, 2.45) is 5.92 Å². The van der Waals surface area contributed by atoms with E-state index in [0.717, 1.165) is 16.3 Å². The summed E-state index contributed by atoms with van der Waals surface area (Å²) in [6.07, 6.45) is 0.113. The number of hydrogen-bond donors (Lipinski definition) is 4. The summed E-state index contributed by atoms with van der Waals surface area (Å²) in [5, 5.41) is 7.37. The van der Waals surface area contributed by atoms with Crippen molar-refractivity contribution in [3.63, 3.8) is 0 Å². The molecule has 0 spiro atoms. The fourth-order valence-corrected chi connectivity index (χ4v) is 3.88. The standard InChI is InChI=1S/C26H26N4O5/c1-15(2)24(30-22(31)12-17-8-5-7-16-6-3-4-9-19(16)17)25(33)35-14-23(32)27-18-10-11-20-21(13-18)29-26(34)28-20/h3-11,13,15,24H,12,14H2,1-2H3,(H,27,32)(H,30,31)(H2,28,29,34)/t24-/m1/s1. The Morgan fingerprint density at radius 2 is 1.66 bits per heavy atom. The fourth-order valence-electron chi connectivity index (χ4n) is 3.88. The van der Waals surface area contributed by atoms with Gasteiger partial charge < -0.3 is 25.3 Å². The summed E-state index contributed by atoms with van der Waals surface area (Å²) in [6, 6.07) is 17.5. The van der Waals surface area contributed by atoms with Crippen molar-refractivity contribution in [2.75, 3.05) is 11.9 Å². The van der Waals surface area contributed by atoms with E-state index in [4.69, 9.17) is 4.74 Å². The SMILES string of the molecule is CC(C)[C@@H](NC(=O)Cc1cccc2ccccc12)C(=O)OCC(=O)Nc1ccc2[nH]c(=O)[nH]c2c1. The van der Waals surface area contributed by atoms with Crippen LogP contribution in [0.25, 0.3) is 21.8 Å². The third-order valence-corrected chi connectivity index (χ3v) is 5.61. The first kappa shape index (κ1) is 23.7. The van der Waals surface area contributed by atoms with Gasteiger partial charge in [-0.05, 0) is 40.5 Å². The van der Waals surface area contributed by atoms with Crippen molar-refractivity contribution in [1.82, 2.24) is 15.3 Å². The number of carbonyl (C=O) groups is 3. The molecule has 0 aliphatic rings. The molecule has 9 heteroatoms. The number of nitrogens with one attached hydrogen (secondary N) is 4. The topological polar surface area (TPSA) is 133 Å². The highest BCUT2D eigenvalue weighted by atomic mass is 16.5. The molecular formula is C26H26N4O5. The van der Waals surface area contributed by atoms with E-state index in [1.165, 1.54) is 0 Å². The predicted octanol–water partition coefficient (Wildman–Crippen LogP) is 2.87. The zero-order valence-corrected chi connectivity index (χ0v) is 19.4. The largest absolute Gasteiger partial charge is 0.454 e. The lowest BCUT2D eigenvalue weighted by molar-refractivity contribution is -0.151. The number of rotatable bonds is 8. The van der Waals surface area contributed by atoms with Crippen molar-refractivity contribution >= 4 is 45.3 Å². The second kappa shape index (κ2) is 10.3. The van der Waals surface area contributed by atoms with E-state index in [9.17, 15) is 19.2 Å². The lowest BCUT2D eigenvalue weighted by Crippen LogP contribution is -2.46. The van der Waals surface area contributed by atoms with Gasteiger partial charge in [0.1, 0.15) is 6.04 Å². The van der Waals surface area contributed by atoms with Crippen LogP contribution >= 0.6 is 0 Å². The number of benzene rings is 3. The molecule has 0 unspecified atom stereocenters. The number of esters is 1. The monoisotopic (exact) mass is 474 g/mol. The Kier molecular flexibility index (Phi) is 6.96. The van der Waals surface area contributed by atoms with Gasteiger partial charge in [-0.15, -0.1) is 0 Å². The van der Waals surface area contributed by atoms with E-state index in [0.29, 0.717) is 16.7 Å². The summed E-state index contributed by atoms with van der Waals surface area (Å²) < 4.78 is 5.18. The van der Waals surface area contributed by atoms with E-state index in [1.54, 1.807) is 32.0 Å². The molecule has 1 aromatic heterocycles. The number of imidazole rings is 1. The molecule has 0 fully saturated rings. The van der Waals surface area contributed by atoms with Crippen molar-refractivity contribution in [2.45, 2.75) is 26.3 Å². The second-order valence-electron chi connectivity index (χ2n) is 8.60. The Morgan fingerprint density at radius 3 is 2.46 bits per heavy atom. The van der Waals surface area contributed by atoms with Gasteiger partial charge in [0.2, 0.25) is 5.91 Å². The highest BCUT2D eigenvalue weighted by Crippen LogP contribution is 2.19. The third kappa shape index (κ3) is 5.75. The molecule has 35 heavy (non-hydrogen) atoms. The van der Waals surface area contributed by atoms with Gasteiger partial charge in [0.05, 0.1) is 17.5 Å². The van der Waals surface area contributed by atoms with Crippen LogP contribution in [-0.4, -0.2) is 40.4 Å². The van der Waals surface area contributed by atoms with E-state index < -0.39 is 24.5 Å². The van der Waals surface area contributed by atoms with Crippen LogP contribution in [0.3, 0.4) is 0 Å². The van der Waals surface area contributed by atoms with Crippen LogP contribution in [0.15, 0.2) is 65.5 Å². The molecule has 0 bridgehead atoms. The van der Waals surface area contributed by atoms with Crippen LogP contribution < -0.4 is 16.3 Å². The molecule has 0 radical (unpaired) electrons. The van der Waals surface area contributed by atoms with Crippen molar-refractivity contribution in [1.29, 1.82) is 0 Å². The number of ether oxygens (including phenoxy) is 1. The van der Waals surface area contributed by atoms with Gasteiger partial charge in [0, 0.05) is 5.69 Å². The predicted molar refractivity (Wildman–Crippen MR) is 133 cm³/mol. The summed E-state index contributed by atoms with van der Waals surface area (Å²) in [7, 11) is 0. The number of H-pyrrole nitrogens is 2. The quantitative estimate of drug-likeness (QED) is 0.292. The van der Waals surface area contributed by atoms with Gasteiger partial charge in [-0.25, -0.2) is 9.59 Å². The van der Waals surface area contributed by atoms with Gasteiger partial charge in [-0.1, -0.05) is 56.3 Å². The molecule has 0 aliphatic carbocycles. The maximum atomic E-state index is 12.7. The molecule has 0 aliphatic heterocycles. The number of anilines is 1. The molecule has 2 amide bonds. The molecule has 0 saturated heterocycles. The molecular weight excluding hydrogens is 448 g/mol. The highest BCUT2D eigenvalue weighted by molar-refractivity contribution is 5.95. The van der Waals surface area contributed by atoms with Crippen LogP contribution in [-0.2, 0) is 25.5 Å². The number of aromatic nitrogens is 2. The zero-order valence-electron chi connectivity index (χ0n) is 19.4. The molecule has 1 atom stereocenters. The Morgan fingerprint density at radius 1 is 0.914 bits per heavy atom. The van der Waals surface area contributed by atoms with Crippen molar-refractivity contribution in [3.05, 3.63) is 76.7 Å². The van der Waals surface area contributed by atoms with Crippen LogP contribution in [0.5, 0.6) is 0 Å². The number of hydrogen-bond acceptors (Lipinski definition) is 5. The van der Waals surface area contributed by atoms with E-state index in [2.05, 4.69) is 20.6 Å². The van der Waals surface area contributed by atoms with E-state index >= 15 is 0 Å². The van der Waals surface area contributed by atoms with Crippen LogP contribution in [0.2, 0.25) is 0 Å². The van der Waals surface area contributed by atoms with Gasteiger partial charge in [0.25, 0.3) is 5.91 Å². The molecule has 4 N–H and O–H groups in total. The molecule has 1 heterocycles. The molecule has 0 saturated carbocycles. The minimum absolute atomic E-state index is 0.113. The van der Waals surface area contributed by atoms with Crippen molar-refractivity contribution < 1.29 is 19.1 Å². The normalized spacial score (nSPS) is 12.0. The van der Waals surface area contributed by atoms with Gasteiger partial charge >= 0.3 is 11.7 Å². The van der Waals surface area contributed by atoms with Gasteiger partial charge in [-0.3, -0.25) is 9.59 Å². The molecule has 3 aromatic carbocycles. The Labute approximate surface area is 200 Å². The van der Waals surface area contributed by atoms with Gasteiger partial charge in [-0.2, -0.15) is 0 Å². The number of aromatic amines is 2. The smallest absolute Gasteiger partial charge is 0.329 e. The first-order valence-electron chi connectivity index (χ1n) is 11.2. The minimum atomic E-state index is -0.897. The van der Waals surface area contributed by atoms with Crippen molar-refractivity contribution in [3.8, 4) is 0 Å². The first-order chi connectivity index (χ1) is 16.8. The average molecular weight is 475 g/mol. The van der Waals surface area contributed by atoms with E-state index in [-0.39, 0.29) is 23.9 Å². The average Bonchev–Trinajstić information content (AvgIpc) is 3.20. The number of carbonyl (C=O) groups excluding carboxylic acids is 3. The maximum Gasteiger partial charge on any atom is 0.329 e. The first-order valence-corrected chi connectivity index (χ1v) is 11.2. The van der Waals surface area contributed by atoms with Crippen LogP contribution in [0.4, 0.5) is 5.69 Å². The van der Waals surface area contributed by atoms with Gasteiger partial charge in [0.15, 0.2) is 6.61 Å². The Bertz CT molecular complexity index is 1450. The summed E-state index contributed by atoms with van der Waals surface area (Å²) in [5.74, 6) is -1.78. The Hall–Kier alpha value is -4.40. The number of fused-ring (bicyclic) bond motifs is 2. The summed E-state index contributed by atoms with van der Waals surface area (Å²) in [6.45, 7) is 3.07. The summed E-state index contributed by atoms with van der Waals surface area (Å²) in [5.41, 5.74) is 2.10. The minimum Gasteiger partial charge on any atom is -0.454 e. The fraction of sp³-hybridized carbons (Fsp3) is 0.231. The Balaban J connectivity index is 1.33. The second-order valence-corrected chi connectivity index (χ2v) is 8.60. The zero-order chi connectivity index (χ0) is 24.9. The maximum absolute atomic E-state index is 12.7. The van der Waals surface area contributed by atoms with Crippen LogP contribution in [0, 0.1) is 5.92 Å². The highest BCUT2D eigenvalue weighted by Gasteiger charge is 2.26. The van der Waals surface area contributed by atoms with E-state index in [1.807, 2.05) is 42.5 Å². The lowest BCUT2D eigenvalue weighted by atomic mass is 10.0. The molecule has 9 nitrogen and oxygen atoms in total. The lowest BCUT2D eigenvalue weighted by Gasteiger charge is -2.21. The molecule has 180 valence electrons. The number of amides is 2. The summed E-state index contributed by atoms with van der Waals surface area (Å²) >= 11 is 0. The van der Waals surface area contributed by atoms with Crippen LogP contribution in [0.1, 0.15) is 19.4 Å².